The Bertz CT molecular complexity index is 548. The molecule has 0 spiro atoms. The molecule has 0 atom stereocenters. The Morgan fingerprint density at radius 2 is 1.95 bits per heavy atom. The summed E-state index contributed by atoms with van der Waals surface area (Å²) >= 11 is 1.34. The van der Waals surface area contributed by atoms with E-state index in [2.05, 4.69) is 10.3 Å². The van der Waals surface area contributed by atoms with Gasteiger partial charge in [0.25, 0.3) is 0 Å². The van der Waals surface area contributed by atoms with Crippen molar-refractivity contribution in [2.75, 3.05) is 11.1 Å². The van der Waals surface area contributed by atoms with E-state index in [0.717, 1.165) is 5.69 Å². The van der Waals surface area contributed by atoms with Gasteiger partial charge in [0.05, 0.1) is 0 Å². The highest BCUT2D eigenvalue weighted by Gasteiger charge is 2.05. The van der Waals surface area contributed by atoms with Crippen molar-refractivity contribution in [2.24, 2.45) is 0 Å². The first-order valence-corrected chi connectivity index (χ1v) is 6.81. The van der Waals surface area contributed by atoms with Crippen LogP contribution < -0.4 is 5.32 Å². The molecule has 0 aliphatic carbocycles. The van der Waals surface area contributed by atoms with Crippen LogP contribution in [0.25, 0.3) is 0 Å². The number of hydrogen-bond acceptors (Lipinski definition) is 3. The number of halogens is 1. The summed E-state index contributed by atoms with van der Waals surface area (Å²) in [5, 5.41) is 2.76. The van der Waals surface area contributed by atoms with Crippen molar-refractivity contribution in [3.8, 4) is 0 Å². The fraction of sp³-hybridized carbons (Fsp3) is 0.143. The van der Waals surface area contributed by atoms with Gasteiger partial charge >= 0.3 is 0 Å². The van der Waals surface area contributed by atoms with Crippen LogP contribution in [0.3, 0.4) is 0 Å². The number of nitrogens with zero attached hydrogens (tertiary/aromatic N) is 1. The molecule has 2 aromatic rings. The number of hydrogen-bond donors (Lipinski definition) is 1. The number of amides is 1. The maximum Gasteiger partial charge on any atom is 0.225 e. The highest BCUT2D eigenvalue weighted by atomic mass is 32.2. The number of aromatic nitrogens is 1. The van der Waals surface area contributed by atoms with E-state index in [4.69, 9.17) is 0 Å². The minimum absolute atomic E-state index is 0.0879. The van der Waals surface area contributed by atoms with Gasteiger partial charge in [-0.2, -0.15) is 0 Å². The Morgan fingerprint density at radius 3 is 2.68 bits per heavy atom. The second-order valence-electron chi connectivity index (χ2n) is 3.81. The molecular weight excluding hydrogens is 263 g/mol. The number of rotatable bonds is 5. The van der Waals surface area contributed by atoms with Crippen LogP contribution >= 0.6 is 11.8 Å². The smallest absolute Gasteiger partial charge is 0.225 e. The van der Waals surface area contributed by atoms with Crippen molar-refractivity contribution >= 4 is 23.4 Å². The van der Waals surface area contributed by atoms with Crippen LogP contribution in [0.2, 0.25) is 0 Å². The van der Waals surface area contributed by atoms with E-state index >= 15 is 0 Å². The molecule has 0 bridgehead atoms. The maximum absolute atomic E-state index is 13.3. The Hall–Kier alpha value is -1.88. The first-order valence-electron chi connectivity index (χ1n) is 5.83. The number of pyridine rings is 1. The lowest BCUT2D eigenvalue weighted by atomic mass is 10.3. The molecule has 0 saturated heterocycles. The Morgan fingerprint density at radius 1 is 1.21 bits per heavy atom. The monoisotopic (exact) mass is 276 g/mol. The lowest BCUT2D eigenvalue weighted by Gasteiger charge is -2.05. The van der Waals surface area contributed by atoms with Crippen molar-refractivity contribution < 1.29 is 9.18 Å². The SMILES string of the molecule is O=C(CCSc1ccccc1F)Nc1ccncc1. The summed E-state index contributed by atoms with van der Waals surface area (Å²) < 4.78 is 13.3. The summed E-state index contributed by atoms with van der Waals surface area (Å²) in [6.07, 6.45) is 3.56. The van der Waals surface area contributed by atoms with Crippen molar-refractivity contribution in [3.63, 3.8) is 0 Å². The minimum atomic E-state index is -0.248. The second kappa shape index (κ2) is 6.89. The highest BCUT2D eigenvalue weighted by molar-refractivity contribution is 7.99. The van der Waals surface area contributed by atoms with Crippen molar-refractivity contribution in [3.05, 3.63) is 54.6 Å². The van der Waals surface area contributed by atoms with Crippen LogP contribution in [0.5, 0.6) is 0 Å². The maximum atomic E-state index is 13.3. The molecule has 3 nitrogen and oxygen atoms in total. The summed E-state index contributed by atoms with van der Waals surface area (Å²) in [6.45, 7) is 0. The Labute approximate surface area is 115 Å². The third-order valence-corrected chi connectivity index (χ3v) is 3.44. The van der Waals surface area contributed by atoms with E-state index in [0.29, 0.717) is 17.1 Å². The van der Waals surface area contributed by atoms with Crippen LogP contribution in [0.15, 0.2) is 53.7 Å². The fourth-order valence-electron chi connectivity index (χ4n) is 1.47. The summed E-state index contributed by atoms with van der Waals surface area (Å²) in [5.74, 6) is 0.203. The molecule has 19 heavy (non-hydrogen) atoms. The number of nitrogens with one attached hydrogen (secondary N) is 1. The topological polar surface area (TPSA) is 42.0 Å². The van der Waals surface area contributed by atoms with E-state index in [1.807, 2.05) is 0 Å². The van der Waals surface area contributed by atoms with Crippen LogP contribution in [-0.2, 0) is 4.79 Å². The number of benzene rings is 1. The fourth-order valence-corrected chi connectivity index (χ4v) is 2.36. The molecule has 0 aliphatic heterocycles. The van der Waals surface area contributed by atoms with E-state index in [9.17, 15) is 9.18 Å². The lowest BCUT2D eigenvalue weighted by Crippen LogP contribution is -2.12. The van der Waals surface area contributed by atoms with Crippen LogP contribution in [0, 0.1) is 5.82 Å². The quantitative estimate of drug-likeness (QED) is 0.852. The van der Waals surface area contributed by atoms with Crippen molar-refractivity contribution in [1.82, 2.24) is 4.98 Å². The van der Waals surface area contributed by atoms with Gasteiger partial charge in [0, 0.05) is 35.2 Å². The number of carbonyl (C=O) groups excluding carboxylic acids is 1. The third-order valence-electron chi connectivity index (χ3n) is 2.39. The molecule has 98 valence electrons. The molecule has 0 unspecified atom stereocenters. The second-order valence-corrected chi connectivity index (χ2v) is 4.95. The van der Waals surface area contributed by atoms with Gasteiger partial charge in [-0.1, -0.05) is 12.1 Å². The number of anilines is 1. The van der Waals surface area contributed by atoms with Crippen LogP contribution in [0.4, 0.5) is 10.1 Å². The van der Waals surface area contributed by atoms with Gasteiger partial charge in [0.2, 0.25) is 5.91 Å². The summed E-state index contributed by atoms with van der Waals surface area (Å²) in [6, 6.07) is 10.0. The van der Waals surface area contributed by atoms with Gasteiger partial charge in [-0.25, -0.2) is 4.39 Å². The van der Waals surface area contributed by atoms with E-state index in [-0.39, 0.29) is 11.7 Å². The van der Waals surface area contributed by atoms with Crippen molar-refractivity contribution in [2.45, 2.75) is 11.3 Å². The summed E-state index contributed by atoms with van der Waals surface area (Å²) in [5.41, 5.74) is 0.718. The molecule has 1 heterocycles. The average molecular weight is 276 g/mol. The molecule has 1 aromatic heterocycles. The summed E-state index contributed by atoms with van der Waals surface area (Å²) in [4.78, 5) is 16.1. The summed E-state index contributed by atoms with van der Waals surface area (Å²) in [7, 11) is 0. The molecule has 0 aliphatic rings. The minimum Gasteiger partial charge on any atom is -0.326 e. The van der Waals surface area contributed by atoms with Gasteiger partial charge in [-0.05, 0) is 24.3 Å². The zero-order chi connectivity index (χ0) is 13.5. The molecule has 2 rings (SSSR count). The highest BCUT2D eigenvalue weighted by Crippen LogP contribution is 2.21. The van der Waals surface area contributed by atoms with E-state index in [1.54, 1.807) is 42.7 Å². The average Bonchev–Trinajstić information content (AvgIpc) is 2.42. The predicted octanol–water partition coefficient (Wildman–Crippen LogP) is 3.34. The van der Waals surface area contributed by atoms with E-state index in [1.165, 1.54) is 17.8 Å². The molecule has 5 heteroatoms. The molecule has 0 radical (unpaired) electrons. The van der Waals surface area contributed by atoms with Crippen LogP contribution in [0.1, 0.15) is 6.42 Å². The molecule has 1 amide bonds. The molecule has 0 fully saturated rings. The molecule has 1 N–H and O–H groups in total. The lowest BCUT2D eigenvalue weighted by molar-refractivity contribution is -0.115. The zero-order valence-electron chi connectivity index (χ0n) is 10.2. The first kappa shape index (κ1) is 13.5. The van der Waals surface area contributed by atoms with Gasteiger partial charge < -0.3 is 5.32 Å². The largest absolute Gasteiger partial charge is 0.326 e. The third kappa shape index (κ3) is 4.37. The normalized spacial score (nSPS) is 10.2. The number of carbonyl (C=O) groups is 1. The van der Waals surface area contributed by atoms with Gasteiger partial charge in [0.1, 0.15) is 5.82 Å². The molecular formula is C14H13FN2OS. The Balaban J connectivity index is 1.77. The zero-order valence-corrected chi connectivity index (χ0v) is 11.0. The van der Waals surface area contributed by atoms with Crippen LogP contribution in [-0.4, -0.2) is 16.6 Å². The Kier molecular flexibility index (Phi) is 4.92. The van der Waals surface area contributed by atoms with Gasteiger partial charge in [-0.3, -0.25) is 9.78 Å². The predicted molar refractivity (Wildman–Crippen MR) is 74.6 cm³/mol. The first-order chi connectivity index (χ1) is 9.25. The van der Waals surface area contributed by atoms with Gasteiger partial charge in [0.15, 0.2) is 0 Å². The van der Waals surface area contributed by atoms with E-state index < -0.39 is 0 Å². The number of thioether (sulfide) groups is 1. The van der Waals surface area contributed by atoms with Crippen molar-refractivity contribution in [1.29, 1.82) is 0 Å². The van der Waals surface area contributed by atoms with Gasteiger partial charge in [-0.15, -0.1) is 11.8 Å². The molecule has 0 saturated carbocycles. The standard InChI is InChI=1S/C14H13FN2OS/c15-12-3-1-2-4-13(12)19-10-7-14(18)17-11-5-8-16-9-6-11/h1-6,8-9H,7,10H2,(H,16,17,18). The molecule has 1 aromatic carbocycles.